The second kappa shape index (κ2) is 23.0. The van der Waals surface area contributed by atoms with Crippen LogP contribution in [0.25, 0.3) is 15.4 Å². The fourth-order valence-electron chi connectivity index (χ4n) is 8.23. The van der Waals surface area contributed by atoms with E-state index >= 15 is 0 Å². The smallest absolute Gasteiger partial charge is 0.246 e. The maximum Gasteiger partial charge on any atom is 0.246 e. The Balaban J connectivity index is 0.797. The molecule has 0 bridgehead atoms. The van der Waals surface area contributed by atoms with E-state index in [0.29, 0.717) is 16.7 Å². The van der Waals surface area contributed by atoms with Gasteiger partial charge >= 0.3 is 0 Å². The number of nitrogens with zero attached hydrogens (tertiary/aromatic N) is 6. The maximum atomic E-state index is 14.0. The van der Waals surface area contributed by atoms with Gasteiger partial charge in [0, 0.05) is 47.1 Å². The van der Waals surface area contributed by atoms with Crippen LogP contribution in [0.1, 0.15) is 84.1 Å². The number of halogens is 1. The van der Waals surface area contributed by atoms with Gasteiger partial charge in [-0.15, -0.1) is 32.9 Å². The zero-order chi connectivity index (χ0) is 49.4. The van der Waals surface area contributed by atoms with Gasteiger partial charge in [-0.25, -0.2) is 4.98 Å². The molecule has 1 unspecified atom stereocenters. The van der Waals surface area contributed by atoms with Crippen molar-refractivity contribution in [2.24, 2.45) is 10.4 Å². The molecule has 5 aromatic rings. The summed E-state index contributed by atoms with van der Waals surface area (Å²) in [7, 11) is 0. The molecule has 4 atom stereocenters. The third-order valence-corrected chi connectivity index (χ3v) is 14.4. The minimum Gasteiger partial charge on any atom is -0.391 e. The normalized spacial score (nSPS) is 17.1. The molecule has 2 aromatic carbocycles. The molecule has 4 N–H and O–H groups in total. The summed E-state index contributed by atoms with van der Waals surface area (Å²) in [6.45, 7) is 14.8. The Morgan fingerprint density at radius 2 is 1.57 bits per heavy atom. The number of β-amino-alcohol motifs (C(OH)–C–C–N with tert-alkyl or cyclic N) is 1. The van der Waals surface area contributed by atoms with Gasteiger partial charge in [0.2, 0.25) is 23.6 Å². The van der Waals surface area contributed by atoms with Crippen LogP contribution in [0.15, 0.2) is 59.0 Å². The average molecular weight is 1000 g/mol. The van der Waals surface area contributed by atoms with E-state index in [4.69, 9.17) is 30.8 Å². The predicted octanol–water partition coefficient (Wildman–Crippen LogP) is 5.60. The van der Waals surface area contributed by atoms with Crippen molar-refractivity contribution in [3.8, 4) is 15.4 Å². The van der Waals surface area contributed by atoms with E-state index in [1.165, 1.54) is 4.90 Å². The average Bonchev–Trinajstić information content (AvgIpc) is 4.08. The SMILES string of the molecule is Cc1ncsc1-c1ccc(CNC(=O)[C@@H]2C[C@H](O)CN2C(=O)C(NC(=O)COCCOCCOCCNC(=O)C[C@@H]2N=C(c3ccc(Cl)cc3)c3c(sc(C)c3C)-n3c(C)nnc32)C(C)(C)C)cc1. The number of benzene rings is 2. The van der Waals surface area contributed by atoms with Gasteiger partial charge in [-0.2, -0.15) is 0 Å². The molecular formula is C49H60ClN9O8S2. The first-order valence-electron chi connectivity index (χ1n) is 22.9. The topological polar surface area (TPSA) is 211 Å². The van der Waals surface area contributed by atoms with Gasteiger partial charge in [0.15, 0.2) is 5.82 Å². The van der Waals surface area contributed by atoms with Gasteiger partial charge in [-0.3, -0.25) is 28.7 Å². The molecule has 0 saturated carbocycles. The van der Waals surface area contributed by atoms with Crippen LogP contribution in [0.4, 0.5) is 0 Å². The molecule has 2 aliphatic heterocycles. The van der Waals surface area contributed by atoms with Crippen LogP contribution >= 0.6 is 34.3 Å². The zero-order valence-corrected chi connectivity index (χ0v) is 42.4. The first-order valence-corrected chi connectivity index (χ1v) is 25.0. The highest BCUT2D eigenvalue weighted by molar-refractivity contribution is 7.15. The number of aryl methyl sites for hydroxylation is 3. The first-order chi connectivity index (χ1) is 33.0. The molecule has 20 heteroatoms. The number of carbonyl (C=O) groups excluding carboxylic acids is 4. The summed E-state index contributed by atoms with van der Waals surface area (Å²) in [5.74, 6) is -0.231. The van der Waals surface area contributed by atoms with E-state index in [9.17, 15) is 24.3 Å². The summed E-state index contributed by atoms with van der Waals surface area (Å²) in [4.78, 5) is 66.8. The van der Waals surface area contributed by atoms with E-state index in [0.717, 1.165) is 54.0 Å². The number of carbonyl (C=O) groups is 4. The number of amides is 4. The van der Waals surface area contributed by atoms with Crippen molar-refractivity contribution >= 4 is 63.6 Å². The molecule has 0 spiro atoms. The molecule has 7 rings (SSSR count). The molecule has 3 aromatic heterocycles. The third kappa shape index (κ3) is 12.7. The van der Waals surface area contributed by atoms with Crippen molar-refractivity contribution in [1.82, 2.24) is 40.6 Å². The fraction of sp³-hybridized carbons (Fsp3) is 0.469. The summed E-state index contributed by atoms with van der Waals surface area (Å²) in [6.07, 6.45) is -0.737. The van der Waals surface area contributed by atoms with E-state index < -0.39 is 41.5 Å². The number of hydrogen-bond donors (Lipinski definition) is 4. The van der Waals surface area contributed by atoms with Crippen LogP contribution in [0.5, 0.6) is 0 Å². The molecule has 2 aliphatic rings. The number of nitrogens with one attached hydrogen (secondary N) is 3. The predicted molar refractivity (Wildman–Crippen MR) is 265 cm³/mol. The Labute approximate surface area is 415 Å². The Bertz CT molecular complexity index is 2640. The van der Waals surface area contributed by atoms with Gasteiger partial charge in [0.25, 0.3) is 0 Å². The van der Waals surface area contributed by atoms with Gasteiger partial charge < -0.3 is 40.2 Å². The number of aliphatic hydroxyl groups is 1. The lowest BCUT2D eigenvalue weighted by atomic mass is 9.85. The van der Waals surface area contributed by atoms with E-state index in [-0.39, 0.29) is 83.9 Å². The lowest BCUT2D eigenvalue weighted by Crippen LogP contribution is -2.58. The number of rotatable bonds is 20. The minimum atomic E-state index is -0.984. The number of likely N-dealkylation sites (tertiary alicyclic amines) is 1. The number of hydrogen-bond acceptors (Lipinski definition) is 14. The lowest BCUT2D eigenvalue weighted by molar-refractivity contribution is -0.144. The molecule has 1 saturated heterocycles. The largest absolute Gasteiger partial charge is 0.391 e. The maximum absolute atomic E-state index is 14.0. The highest BCUT2D eigenvalue weighted by Gasteiger charge is 2.44. The van der Waals surface area contributed by atoms with Crippen LogP contribution in [0.3, 0.4) is 0 Å². The molecule has 0 aliphatic carbocycles. The Morgan fingerprint density at radius 1 is 0.884 bits per heavy atom. The van der Waals surface area contributed by atoms with Crippen molar-refractivity contribution in [3.63, 3.8) is 0 Å². The monoisotopic (exact) mass is 1000 g/mol. The standard InChI is InChI=1S/C49H60ClN9O8S2/c1-28-30(3)69-48-41(28)42(33-12-14-35(50)15-13-33)54-37(45-57-56-31(4)59(45)48)23-39(61)51-16-17-65-18-19-66-20-21-67-26-40(62)55-44(49(5,6)7)47(64)58-25-36(60)22-38(58)46(63)52-24-32-8-10-34(11-9-32)43-29(2)53-27-68-43/h8-15,27,36-38,44,60H,16-26H2,1-7H3,(H,51,61)(H,52,63)(H,55,62)/t36-,37-,38-,44?/m0/s1. The lowest BCUT2D eigenvalue weighted by Gasteiger charge is -2.35. The summed E-state index contributed by atoms with van der Waals surface area (Å²) in [5, 5.41) is 29.6. The number of aliphatic imine (C=N–C) groups is 1. The Kier molecular flexibility index (Phi) is 17.2. The van der Waals surface area contributed by atoms with Crippen LogP contribution < -0.4 is 16.0 Å². The second-order valence-corrected chi connectivity index (χ2v) is 20.7. The van der Waals surface area contributed by atoms with Crippen LogP contribution in [0.2, 0.25) is 5.02 Å². The van der Waals surface area contributed by atoms with Crippen molar-refractivity contribution in [1.29, 1.82) is 0 Å². The Morgan fingerprint density at radius 3 is 2.25 bits per heavy atom. The van der Waals surface area contributed by atoms with Crippen molar-refractivity contribution in [3.05, 3.63) is 104 Å². The van der Waals surface area contributed by atoms with Crippen molar-refractivity contribution < 1.29 is 38.5 Å². The van der Waals surface area contributed by atoms with Gasteiger partial charge in [-0.1, -0.05) is 68.8 Å². The molecule has 1 fully saturated rings. The molecule has 17 nitrogen and oxygen atoms in total. The van der Waals surface area contributed by atoms with Gasteiger partial charge in [0.1, 0.15) is 35.6 Å². The molecule has 4 amide bonds. The van der Waals surface area contributed by atoms with Gasteiger partial charge in [0.05, 0.1) is 67.4 Å². The van der Waals surface area contributed by atoms with Crippen LogP contribution in [-0.4, -0.2) is 130 Å². The molecular weight excluding hydrogens is 942 g/mol. The summed E-state index contributed by atoms with van der Waals surface area (Å²) in [6, 6.07) is 12.9. The molecule has 0 radical (unpaired) electrons. The van der Waals surface area contributed by atoms with Crippen molar-refractivity contribution in [2.75, 3.05) is 52.7 Å². The summed E-state index contributed by atoms with van der Waals surface area (Å²) >= 11 is 9.45. The van der Waals surface area contributed by atoms with E-state index in [1.54, 1.807) is 22.7 Å². The number of fused-ring (bicyclic) bond motifs is 3. The highest BCUT2D eigenvalue weighted by atomic mass is 35.5. The molecule has 368 valence electrons. The van der Waals surface area contributed by atoms with E-state index in [1.807, 2.05) is 93.2 Å². The number of ether oxygens (including phenoxy) is 3. The highest BCUT2D eigenvalue weighted by Crippen LogP contribution is 2.40. The van der Waals surface area contributed by atoms with Crippen LogP contribution in [-0.2, 0) is 39.9 Å². The summed E-state index contributed by atoms with van der Waals surface area (Å²) < 4.78 is 18.8. The van der Waals surface area contributed by atoms with Gasteiger partial charge in [-0.05, 0) is 61.9 Å². The number of thiazole rings is 1. The first kappa shape index (κ1) is 51.4. The third-order valence-electron chi connectivity index (χ3n) is 12.0. The minimum absolute atomic E-state index is 0.0281. The Hall–Kier alpha value is -5.41. The van der Waals surface area contributed by atoms with Crippen LogP contribution in [0, 0.1) is 33.1 Å². The number of thiophene rings is 1. The van der Waals surface area contributed by atoms with Crippen molar-refractivity contribution in [2.45, 2.75) is 92.1 Å². The number of aliphatic hydroxyl groups excluding tert-OH is 1. The second-order valence-electron chi connectivity index (χ2n) is 18.2. The molecule has 5 heterocycles. The summed E-state index contributed by atoms with van der Waals surface area (Å²) in [5.41, 5.74) is 7.76. The number of aromatic nitrogens is 4. The zero-order valence-electron chi connectivity index (χ0n) is 40.0. The quantitative estimate of drug-likeness (QED) is 0.0706. The fourth-order valence-corrected chi connectivity index (χ4v) is 10.4. The molecule has 69 heavy (non-hydrogen) atoms. The van der Waals surface area contributed by atoms with E-state index in [2.05, 4.69) is 45.0 Å².